The highest BCUT2D eigenvalue weighted by atomic mass is 16.5. The van der Waals surface area contributed by atoms with Crippen LogP contribution in [0, 0.1) is 11.3 Å². The predicted octanol–water partition coefficient (Wildman–Crippen LogP) is 2.18. The highest BCUT2D eigenvalue weighted by Gasteiger charge is 2.05. The zero-order valence-corrected chi connectivity index (χ0v) is 10.5. The Morgan fingerprint density at radius 2 is 1.83 bits per heavy atom. The molecule has 0 aliphatic carbocycles. The van der Waals surface area contributed by atoms with E-state index in [9.17, 15) is 4.79 Å². The number of nitrogens with zero attached hydrogens (tertiary/aromatic N) is 1. The first-order valence-electron chi connectivity index (χ1n) is 5.96. The lowest BCUT2D eigenvalue weighted by Gasteiger charge is -2.04. The van der Waals surface area contributed by atoms with Crippen molar-refractivity contribution in [2.75, 3.05) is 26.4 Å². The molecule has 1 rings (SSSR count). The van der Waals surface area contributed by atoms with Gasteiger partial charge in [-0.3, -0.25) is 4.79 Å². The summed E-state index contributed by atoms with van der Waals surface area (Å²) < 4.78 is 10.4. The van der Waals surface area contributed by atoms with E-state index in [0.717, 1.165) is 6.42 Å². The summed E-state index contributed by atoms with van der Waals surface area (Å²) >= 11 is 0. The number of ketones is 1. The molecule has 0 aliphatic rings. The molecule has 0 radical (unpaired) electrons. The van der Waals surface area contributed by atoms with Gasteiger partial charge in [0.25, 0.3) is 0 Å². The SMILES string of the molecule is CCCOCCOCC(=O)c1ccc(C#N)cc1. The Bertz CT molecular complexity index is 406. The van der Waals surface area contributed by atoms with Crippen LogP contribution in [-0.2, 0) is 9.47 Å². The standard InChI is InChI=1S/C14H17NO3/c1-2-7-17-8-9-18-11-14(16)13-5-3-12(10-15)4-6-13/h3-6H,2,7-9,11H2,1H3. The largest absolute Gasteiger partial charge is 0.379 e. The lowest BCUT2D eigenvalue weighted by atomic mass is 10.1. The highest BCUT2D eigenvalue weighted by Crippen LogP contribution is 2.04. The van der Waals surface area contributed by atoms with Crippen molar-refractivity contribution >= 4 is 5.78 Å². The van der Waals surface area contributed by atoms with Crippen LogP contribution in [0.2, 0.25) is 0 Å². The average molecular weight is 247 g/mol. The lowest BCUT2D eigenvalue weighted by Crippen LogP contribution is -2.12. The first kappa shape index (κ1) is 14.4. The minimum atomic E-state index is -0.0880. The second kappa shape index (κ2) is 8.40. The summed E-state index contributed by atoms with van der Waals surface area (Å²) in [5, 5.41) is 8.64. The van der Waals surface area contributed by atoms with E-state index < -0.39 is 0 Å². The van der Waals surface area contributed by atoms with E-state index in [4.69, 9.17) is 14.7 Å². The third kappa shape index (κ3) is 5.09. The van der Waals surface area contributed by atoms with E-state index in [1.807, 2.05) is 13.0 Å². The molecule has 4 heteroatoms. The third-order valence-corrected chi connectivity index (χ3v) is 2.29. The number of hydrogen-bond acceptors (Lipinski definition) is 4. The average Bonchev–Trinajstić information content (AvgIpc) is 2.42. The second-order valence-corrected chi connectivity index (χ2v) is 3.78. The lowest BCUT2D eigenvalue weighted by molar-refractivity contribution is 0.0441. The van der Waals surface area contributed by atoms with Gasteiger partial charge in [0.05, 0.1) is 24.8 Å². The Labute approximate surface area is 107 Å². The fourth-order valence-electron chi connectivity index (χ4n) is 1.34. The molecule has 0 heterocycles. The Hall–Kier alpha value is -1.70. The molecule has 0 amide bonds. The van der Waals surface area contributed by atoms with E-state index in [1.165, 1.54) is 0 Å². The van der Waals surface area contributed by atoms with Crippen LogP contribution in [0.3, 0.4) is 0 Å². The van der Waals surface area contributed by atoms with Crippen molar-refractivity contribution in [1.82, 2.24) is 0 Å². The number of Topliss-reactive ketones (excluding diaryl/α,β-unsaturated/α-hetero) is 1. The topological polar surface area (TPSA) is 59.3 Å². The van der Waals surface area contributed by atoms with Crippen molar-refractivity contribution in [1.29, 1.82) is 5.26 Å². The molecule has 4 nitrogen and oxygen atoms in total. The fraction of sp³-hybridized carbons (Fsp3) is 0.429. The second-order valence-electron chi connectivity index (χ2n) is 3.78. The summed E-state index contributed by atoms with van der Waals surface area (Å²) in [5.41, 5.74) is 1.10. The van der Waals surface area contributed by atoms with Crippen molar-refractivity contribution in [3.63, 3.8) is 0 Å². The predicted molar refractivity (Wildman–Crippen MR) is 67.4 cm³/mol. The number of hydrogen-bond donors (Lipinski definition) is 0. The molecule has 0 bridgehead atoms. The zero-order chi connectivity index (χ0) is 13.2. The number of benzene rings is 1. The zero-order valence-electron chi connectivity index (χ0n) is 10.5. The monoisotopic (exact) mass is 247 g/mol. The molecule has 0 saturated heterocycles. The number of nitriles is 1. The van der Waals surface area contributed by atoms with Crippen LogP contribution in [0.5, 0.6) is 0 Å². The summed E-state index contributed by atoms with van der Waals surface area (Å²) in [6.07, 6.45) is 0.976. The van der Waals surface area contributed by atoms with Gasteiger partial charge in [0.2, 0.25) is 0 Å². The first-order chi connectivity index (χ1) is 8.77. The molecule has 0 fully saturated rings. The maximum Gasteiger partial charge on any atom is 0.188 e. The number of rotatable bonds is 8. The molecule has 1 aromatic rings. The van der Waals surface area contributed by atoms with Gasteiger partial charge in [-0.2, -0.15) is 5.26 Å². The van der Waals surface area contributed by atoms with Crippen LogP contribution in [0.15, 0.2) is 24.3 Å². The minimum Gasteiger partial charge on any atom is -0.379 e. The van der Waals surface area contributed by atoms with E-state index in [1.54, 1.807) is 24.3 Å². The number of carbonyl (C=O) groups is 1. The minimum absolute atomic E-state index is 0.0430. The van der Waals surface area contributed by atoms with E-state index in [2.05, 4.69) is 0 Å². The van der Waals surface area contributed by atoms with Crippen LogP contribution in [0.4, 0.5) is 0 Å². The number of carbonyl (C=O) groups excluding carboxylic acids is 1. The smallest absolute Gasteiger partial charge is 0.188 e. The molecular weight excluding hydrogens is 230 g/mol. The molecule has 1 aromatic carbocycles. The van der Waals surface area contributed by atoms with Gasteiger partial charge in [0.15, 0.2) is 5.78 Å². The summed E-state index contributed by atoms with van der Waals surface area (Å²) in [7, 11) is 0. The molecule has 18 heavy (non-hydrogen) atoms. The Balaban J connectivity index is 2.26. The van der Waals surface area contributed by atoms with Crippen LogP contribution in [-0.4, -0.2) is 32.2 Å². The quantitative estimate of drug-likeness (QED) is 0.522. The van der Waals surface area contributed by atoms with Crippen molar-refractivity contribution < 1.29 is 14.3 Å². The molecule has 0 saturated carbocycles. The van der Waals surface area contributed by atoms with E-state index >= 15 is 0 Å². The van der Waals surface area contributed by atoms with E-state index in [-0.39, 0.29) is 12.4 Å². The molecule has 96 valence electrons. The highest BCUT2D eigenvalue weighted by molar-refractivity contribution is 5.97. The summed E-state index contributed by atoms with van der Waals surface area (Å²) in [4.78, 5) is 11.7. The van der Waals surface area contributed by atoms with Crippen molar-refractivity contribution in [3.05, 3.63) is 35.4 Å². The molecule has 0 spiro atoms. The molecular formula is C14H17NO3. The maximum absolute atomic E-state index is 11.7. The van der Waals surface area contributed by atoms with Gasteiger partial charge in [0, 0.05) is 12.2 Å². The van der Waals surface area contributed by atoms with Gasteiger partial charge >= 0.3 is 0 Å². The van der Waals surface area contributed by atoms with Gasteiger partial charge in [-0.05, 0) is 18.6 Å². The summed E-state index contributed by atoms with van der Waals surface area (Å²) in [5.74, 6) is -0.0880. The molecule has 0 aromatic heterocycles. The van der Waals surface area contributed by atoms with Crippen molar-refractivity contribution in [2.24, 2.45) is 0 Å². The van der Waals surface area contributed by atoms with Gasteiger partial charge in [-0.1, -0.05) is 19.1 Å². The Kier molecular flexibility index (Phi) is 6.70. The molecule has 0 unspecified atom stereocenters. The maximum atomic E-state index is 11.7. The van der Waals surface area contributed by atoms with Crippen LogP contribution < -0.4 is 0 Å². The fourth-order valence-corrected chi connectivity index (χ4v) is 1.34. The van der Waals surface area contributed by atoms with E-state index in [0.29, 0.717) is 30.9 Å². The molecule has 0 aliphatic heterocycles. The van der Waals surface area contributed by atoms with Crippen LogP contribution >= 0.6 is 0 Å². The molecule has 0 atom stereocenters. The van der Waals surface area contributed by atoms with Gasteiger partial charge in [-0.15, -0.1) is 0 Å². The number of ether oxygens (including phenoxy) is 2. The Morgan fingerprint density at radius 3 is 2.44 bits per heavy atom. The first-order valence-corrected chi connectivity index (χ1v) is 5.96. The summed E-state index contributed by atoms with van der Waals surface area (Å²) in [6, 6.07) is 8.52. The van der Waals surface area contributed by atoms with Gasteiger partial charge in [0.1, 0.15) is 6.61 Å². The summed E-state index contributed by atoms with van der Waals surface area (Å²) in [6.45, 7) is 3.72. The normalized spacial score (nSPS) is 10.0. The molecule has 0 N–H and O–H groups in total. The van der Waals surface area contributed by atoms with Crippen LogP contribution in [0.1, 0.15) is 29.3 Å². The van der Waals surface area contributed by atoms with Crippen LogP contribution in [0.25, 0.3) is 0 Å². The van der Waals surface area contributed by atoms with Gasteiger partial charge < -0.3 is 9.47 Å². The van der Waals surface area contributed by atoms with Crippen molar-refractivity contribution in [2.45, 2.75) is 13.3 Å². The Morgan fingerprint density at radius 1 is 1.17 bits per heavy atom. The third-order valence-electron chi connectivity index (χ3n) is 2.29. The van der Waals surface area contributed by atoms with Crippen molar-refractivity contribution in [3.8, 4) is 6.07 Å². The van der Waals surface area contributed by atoms with Gasteiger partial charge in [-0.25, -0.2) is 0 Å².